The number of hydrogen-bond acceptors (Lipinski definition) is 3. The molecule has 1 aromatic rings. The molecular weight excluding hydrogens is 159 g/mol. The van der Waals surface area contributed by atoms with E-state index < -0.39 is 0 Å². The Morgan fingerprint density at radius 3 is 3.17 bits per heavy atom. The zero-order valence-electron chi connectivity index (χ0n) is 6.25. The largest absolute Gasteiger partial charge is 0.483 e. The number of amidine groups is 1. The van der Waals surface area contributed by atoms with Crippen LogP contribution in [-0.4, -0.2) is 12.4 Å². The van der Waals surface area contributed by atoms with Crippen molar-refractivity contribution in [3.8, 4) is 5.75 Å². The molecule has 2 N–H and O–H groups in total. The standard InChI is InChI=1S/C8H7FN2O/c9-5-1-2-6-7(3-5)12-4-8(10)11-6/h1-3H,4H2,(H2,10,11). The summed E-state index contributed by atoms with van der Waals surface area (Å²) in [5.74, 6) is 0.530. The predicted octanol–water partition coefficient (Wildman–Crippen LogP) is 1.21. The number of nitrogens with two attached hydrogens (primary N) is 1. The van der Waals surface area contributed by atoms with Crippen molar-refractivity contribution in [1.82, 2.24) is 0 Å². The molecule has 0 aromatic heterocycles. The predicted molar refractivity (Wildman–Crippen MR) is 43.2 cm³/mol. The molecule has 0 unspecified atom stereocenters. The smallest absolute Gasteiger partial charge is 0.148 e. The molecule has 0 fully saturated rings. The number of nitrogens with zero attached hydrogens (tertiary/aromatic N) is 1. The fraction of sp³-hybridized carbons (Fsp3) is 0.125. The molecule has 4 heteroatoms. The number of ether oxygens (including phenoxy) is 1. The van der Waals surface area contributed by atoms with Crippen LogP contribution in [-0.2, 0) is 0 Å². The number of fused-ring (bicyclic) bond motifs is 1. The van der Waals surface area contributed by atoms with Crippen molar-refractivity contribution in [1.29, 1.82) is 0 Å². The lowest BCUT2D eigenvalue weighted by Crippen LogP contribution is -2.23. The van der Waals surface area contributed by atoms with E-state index in [9.17, 15) is 4.39 Å². The van der Waals surface area contributed by atoms with E-state index in [2.05, 4.69) is 4.99 Å². The zero-order chi connectivity index (χ0) is 8.55. The molecule has 0 aliphatic carbocycles. The molecule has 12 heavy (non-hydrogen) atoms. The summed E-state index contributed by atoms with van der Waals surface area (Å²) >= 11 is 0. The average molecular weight is 166 g/mol. The number of hydrogen-bond donors (Lipinski definition) is 1. The first-order valence-corrected chi connectivity index (χ1v) is 3.51. The van der Waals surface area contributed by atoms with Crippen LogP contribution < -0.4 is 10.5 Å². The second kappa shape index (κ2) is 2.48. The minimum Gasteiger partial charge on any atom is -0.483 e. The van der Waals surface area contributed by atoms with Crippen LogP contribution >= 0.6 is 0 Å². The summed E-state index contributed by atoms with van der Waals surface area (Å²) in [6.45, 7) is 0.233. The van der Waals surface area contributed by atoms with Gasteiger partial charge in [-0.3, -0.25) is 0 Å². The van der Waals surface area contributed by atoms with Crippen molar-refractivity contribution >= 4 is 11.5 Å². The van der Waals surface area contributed by atoms with Crippen molar-refractivity contribution in [3.63, 3.8) is 0 Å². The molecular formula is C8H7FN2O. The van der Waals surface area contributed by atoms with E-state index in [1.54, 1.807) is 0 Å². The Hall–Kier alpha value is -1.58. The summed E-state index contributed by atoms with van der Waals surface area (Å²) < 4.78 is 17.8. The molecule has 0 bridgehead atoms. The van der Waals surface area contributed by atoms with Crippen LogP contribution in [0.2, 0.25) is 0 Å². The summed E-state index contributed by atoms with van der Waals surface area (Å²) in [4.78, 5) is 3.99. The van der Waals surface area contributed by atoms with Gasteiger partial charge in [0.05, 0.1) is 0 Å². The molecule has 62 valence electrons. The fourth-order valence-corrected chi connectivity index (χ4v) is 1.03. The highest BCUT2D eigenvalue weighted by atomic mass is 19.1. The fourth-order valence-electron chi connectivity index (χ4n) is 1.03. The Bertz CT molecular complexity index is 349. The Labute approximate surface area is 68.7 Å². The van der Waals surface area contributed by atoms with Crippen LogP contribution in [0.25, 0.3) is 0 Å². The maximum Gasteiger partial charge on any atom is 0.148 e. The third-order valence-electron chi connectivity index (χ3n) is 1.56. The van der Waals surface area contributed by atoms with Gasteiger partial charge in [0.2, 0.25) is 0 Å². The van der Waals surface area contributed by atoms with Gasteiger partial charge in [0, 0.05) is 6.07 Å². The molecule has 0 spiro atoms. The van der Waals surface area contributed by atoms with Crippen LogP contribution in [0.3, 0.4) is 0 Å². The van der Waals surface area contributed by atoms with Crippen molar-refractivity contribution in [3.05, 3.63) is 24.0 Å². The number of benzene rings is 1. The zero-order valence-corrected chi connectivity index (χ0v) is 6.25. The number of halogens is 1. The molecule has 3 nitrogen and oxygen atoms in total. The molecule has 0 amide bonds. The van der Waals surface area contributed by atoms with Crippen LogP contribution in [0.5, 0.6) is 5.75 Å². The molecule has 1 aromatic carbocycles. The van der Waals surface area contributed by atoms with Gasteiger partial charge in [0.25, 0.3) is 0 Å². The highest BCUT2D eigenvalue weighted by Crippen LogP contribution is 2.30. The maximum absolute atomic E-state index is 12.6. The number of aliphatic imine (C=N–C) groups is 1. The topological polar surface area (TPSA) is 47.6 Å². The van der Waals surface area contributed by atoms with Crippen LogP contribution in [0, 0.1) is 5.82 Å². The van der Waals surface area contributed by atoms with E-state index in [4.69, 9.17) is 10.5 Å². The first kappa shape index (κ1) is 7.09. The Morgan fingerprint density at radius 1 is 1.50 bits per heavy atom. The van der Waals surface area contributed by atoms with Crippen LogP contribution in [0.4, 0.5) is 10.1 Å². The Kier molecular flexibility index (Phi) is 1.46. The molecule has 1 aliphatic rings. The van der Waals surface area contributed by atoms with E-state index in [0.717, 1.165) is 0 Å². The average Bonchev–Trinajstić information content (AvgIpc) is 2.05. The van der Waals surface area contributed by atoms with Gasteiger partial charge in [-0.2, -0.15) is 0 Å². The summed E-state index contributed by atoms with van der Waals surface area (Å²) in [6, 6.07) is 4.16. The lowest BCUT2D eigenvalue weighted by atomic mass is 10.2. The summed E-state index contributed by atoms with van der Waals surface area (Å²) in [5, 5.41) is 0. The van der Waals surface area contributed by atoms with Crippen molar-refractivity contribution in [2.24, 2.45) is 10.7 Å². The third-order valence-corrected chi connectivity index (χ3v) is 1.56. The van der Waals surface area contributed by atoms with Crippen LogP contribution in [0.1, 0.15) is 0 Å². The van der Waals surface area contributed by atoms with Gasteiger partial charge in [-0.1, -0.05) is 0 Å². The Balaban J connectivity index is 2.51. The SMILES string of the molecule is NC1=Nc2ccc(F)cc2OC1. The van der Waals surface area contributed by atoms with E-state index in [-0.39, 0.29) is 12.4 Å². The van der Waals surface area contributed by atoms with Crippen molar-refractivity contribution < 1.29 is 9.13 Å². The molecule has 0 saturated carbocycles. The van der Waals surface area contributed by atoms with E-state index in [1.807, 2.05) is 0 Å². The second-order valence-electron chi connectivity index (χ2n) is 2.50. The lowest BCUT2D eigenvalue weighted by molar-refractivity contribution is 0.368. The maximum atomic E-state index is 12.6. The minimum atomic E-state index is -0.329. The molecule has 0 saturated heterocycles. The molecule has 1 aliphatic heterocycles. The van der Waals surface area contributed by atoms with Crippen molar-refractivity contribution in [2.45, 2.75) is 0 Å². The van der Waals surface area contributed by atoms with Crippen LogP contribution in [0.15, 0.2) is 23.2 Å². The van der Waals surface area contributed by atoms with E-state index in [0.29, 0.717) is 17.3 Å². The normalized spacial score (nSPS) is 14.6. The second-order valence-corrected chi connectivity index (χ2v) is 2.50. The van der Waals surface area contributed by atoms with E-state index in [1.165, 1.54) is 18.2 Å². The van der Waals surface area contributed by atoms with Gasteiger partial charge in [0.15, 0.2) is 0 Å². The van der Waals surface area contributed by atoms with Gasteiger partial charge < -0.3 is 10.5 Å². The summed E-state index contributed by atoms with van der Waals surface area (Å²) in [6.07, 6.45) is 0. The Morgan fingerprint density at radius 2 is 2.33 bits per heavy atom. The first-order valence-electron chi connectivity index (χ1n) is 3.51. The minimum absolute atomic E-state index is 0.233. The third kappa shape index (κ3) is 1.11. The highest BCUT2D eigenvalue weighted by molar-refractivity contribution is 5.87. The monoisotopic (exact) mass is 166 g/mol. The highest BCUT2D eigenvalue weighted by Gasteiger charge is 2.10. The molecule has 1 heterocycles. The molecule has 0 atom stereocenters. The summed E-state index contributed by atoms with van der Waals surface area (Å²) in [5.41, 5.74) is 6.00. The molecule has 0 radical (unpaired) electrons. The first-order chi connectivity index (χ1) is 5.75. The van der Waals surface area contributed by atoms with Gasteiger partial charge in [-0.15, -0.1) is 0 Å². The molecule has 2 rings (SSSR count). The van der Waals surface area contributed by atoms with Crippen molar-refractivity contribution in [2.75, 3.05) is 6.61 Å². The van der Waals surface area contributed by atoms with Gasteiger partial charge in [0.1, 0.15) is 29.7 Å². The van der Waals surface area contributed by atoms with Gasteiger partial charge >= 0.3 is 0 Å². The lowest BCUT2D eigenvalue weighted by Gasteiger charge is -2.13. The van der Waals surface area contributed by atoms with Gasteiger partial charge in [-0.05, 0) is 12.1 Å². The summed E-state index contributed by atoms with van der Waals surface area (Å²) in [7, 11) is 0. The number of rotatable bonds is 0. The van der Waals surface area contributed by atoms with Gasteiger partial charge in [-0.25, -0.2) is 9.38 Å². The van der Waals surface area contributed by atoms with E-state index >= 15 is 0 Å². The quantitative estimate of drug-likeness (QED) is 0.629.